The highest BCUT2D eigenvalue weighted by Crippen LogP contribution is 2.37. The van der Waals surface area contributed by atoms with E-state index in [0.29, 0.717) is 40.3 Å². The lowest BCUT2D eigenvalue weighted by atomic mass is 9.93. The van der Waals surface area contributed by atoms with Gasteiger partial charge in [-0.25, -0.2) is 9.59 Å². The molecular weight excluding hydrogens is 472 g/mol. The van der Waals surface area contributed by atoms with Crippen molar-refractivity contribution in [3.63, 3.8) is 0 Å². The second kappa shape index (κ2) is 8.82. The summed E-state index contributed by atoms with van der Waals surface area (Å²) in [5.41, 5.74) is 1.54. The molecule has 1 heterocycles. The summed E-state index contributed by atoms with van der Waals surface area (Å²) < 4.78 is 17.6. The van der Waals surface area contributed by atoms with Crippen LogP contribution >= 0.6 is 27.5 Å². The predicted octanol–water partition coefficient (Wildman–Crippen LogP) is 5.83. The van der Waals surface area contributed by atoms with E-state index in [4.69, 9.17) is 25.8 Å². The number of carbonyl (C=O) groups is 2. The third kappa shape index (κ3) is 4.71. The smallest absolute Gasteiger partial charge is 0.348 e. The van der Waals surface area contributed by atoms with Gasteiger partial charge in [0.1, 0.15) is 17.9 Å². The molecule has 156 valence electrons. The molecule has 0 aromatic heterocycles. The lowest BCUT2D eigenvalue weighted by Gasteiger charge is -2.38. The zero-order valence-corrected chi connectivity index (χ0v) is 18.5. The third-order valence-corrected chi connectivity index (χ3v) is 6.06. The quantitative estimate of drug-likeness (QED) is 0.306. The minimum atomic E-state index is -1.08. The monoisotopic (exact) mass is 490 g/mol. The van der Waals surface area contributed by atoms with Gasteiger partial charge in [-0.3, -0.25) is 0 Å². The average Bonchev–Trinajstić information content (AvgIpc) is 2.72. The number of hydrogen-bond donors (Lipinski definition) is 0. The van der Waals surface area contributed by atoms with Gasteiger partial charge >= 0.3 is 11.9 Å². The van der Waals surface area contributed by atoms with Crippen LogP contribution in [0, 0.1) is 0 Å². The minimum Gasteiger partial charge on any atom is -0.488 e. The van der Waals surface area contributed by atoms with Gasteiger partial charge in [0.25, 0.3) is 5.79 Å². The molecule has 2 fully saturated rings. The van der Waals surface area contributed by atoms with Crippen molar-refractivity contribution in [3.05, 3.63) is 68.7 Å². The summed E-state index contributed by atoms with van der Waals surface area (Å²) in [5, 5.41) is 0.673. The van der Waals surface area contributed by atoms with Crippen molar-refractivity contribution in [1.29, 1.82) is 0 Å². The van der Waals surface area contributed by atoms with Crippen LogP contribution < -0.4 is 4.74 Å². The molecule has 1 saturated carbocycles. The zero-order chi connectivity index (χ0) is 21.1. The molecule has 1 saturated heterocycles. The number of ether oxygens (including phenoxy) is 3. The number of halogens is 2. The van der Waals surface area contributed by atoms with E-state index in [1.807, 2.05) is 24.3 Å². The Hall–Kier alpha value is -2.31. The normalized spacial score (nSPS) is 18.0. The Kier molecular flexibility index (Phi) is 6.16. The van der Waals surface area contributed by atoms with Crippen molar-refractivity contribution in [2.24, 2.45) is 0 Å². The van der Waals surface area contributed by atoms with Gasteiger partial charge in [-0.05, 0) is 70.2 Å². The maximum atomic E-state index is 12.5. The first-order valence-corrected chi connectivity index (χ1v) is 11.0. The first-order chi connectivity index (χ1) is 14.4. The molecule has 7 heteroatoms. The number of benzene rings is 2. The van der Waals surface area contributed by atoms with Crippen LogP contribution in [-0.4, -0.2) is 17.7 Å². The van der Waals surface area contributed by atoms with Crippen LogP contribution in [-0.2, 0) is 25.7 Å². The van der Waals surface area contributed by atoms with Crippen molar-refractivity contribution in [3.8, 4) is 5.75 Å². The second-order valence-electron chi connectivity index (χ2n) is 7.41. The Labute approximate surface area is 188 Å². The summed E-state index contributed by atoms with van der Waals surface area (Å²) in [7, 11) is 0. The van der Waals surface area contributed by atoms with Crippen molar-refractivity contribution in [2.45, 2.75) is 44.5 Å². The summed E-state index contributed by atoms with van der Waals surface area (Å²) >= 11 is 9.37. The van der Waals surface area contributed by atoms with Gasteiger partial charge in [-0.15, -0.1) is 0 Å². The van der Waals surface area contributed by atoms with Gasteiger partial charge in [-0.1, -0.05) is 36.2 Å². The number of hydrogen-bond acceptors (Lipinski definition) is 5. The minimum absolute atomic E-state index is 0.104. The van der Waals surface area contributed by atoms with Crippen LogP contribution in [0.15, 0.2) is 52.5 Å². The van der Waals surface area contributed by atoms with E-state index < -0.39 is 17.7 Å². The highest BCUT2D eigenvalue weighted by Gasteiger charge is 2.46. The van der Waals surface area contributed by atoms with Crippen LogP contribution in [0.4, 0.5) is 0 Å². The Balaban J connectivity index is 1.46. The topological polar surface area (TPSA) is 61.8 Å². The Bertz CT molecular complexity index is 971. The van der Waals surface area contributed by atoms with Gasteiger partial charge < -0.3 is 14.2 Å². The standard InChI is InChI=1S/C23H20BrClO5/c24-19-13-16(6-9-20(19)28-14-15-4-7-17(25)8-5-15)12-18-21(26)29-23(30-22(18)27)10-2-1-3-11-23/h4-9,12-13H,1-3,10-11,14H2. The van der Waals surface area contributed by atoms with E-state index in [9.17, 15) is 9.59 Å². The summed E-state index contributed by atoms with van der Waals surface area (Å²) in [6, 6.07) is 12.7. The molecule has 0 unspecified atom stereocenters. The highest BCUT2D eigenvalue weighted by atomic mass is 79.9. The Morgan fingerprint density at radius 2 is 1.67 bits per heavy atom. The molecular formula is C23H20BrClO5. The van der Waals surface area contributed by atoms with Gasteiger partial charge in [0.15, 0.2) is 0 Å². The highest BCUT2D eigenvalue weighted by molar-refractivity contribution is 9.10. The molecule has 1 aliphatic heterocycles. The summed E-state index contributed by atoms with van der Waals surface area (Å²) in [6.07, 6.45) is 5.41. The number of carbonyl (C=O) groups excluding carboxylic acids is 2. The largest absolute Gasteiger partial charge is 0.488 e. The van der Waals surface area contributed by atoms with Crippen molar-refractivity contribution in [2.75, 3.05) is 0 Å². The van der Waals surface area contributed by atoms with Crippen LogP contribution in [0.25, 0.3) is 6.08 Å². The molecule has 2 aromatic carbocycles. The fraction of sp³-hybridized carbons (Fsp3) is 0.304. The van der Waals surface area contributed by atoms with Gasteiger partial charge in [0.2, 0.25) is 0 Å². The van der Waals surface area contributed by atoms with Crippen LogP contribution in [0.5, 0.6) is 5.75 Å². The van der Waals surface area contributed by atoms with Gasteiger partial charge in [0, 0.05) is 17.9 Å². The number of esters is 2. The second-order valence-corrected chi connectivity index (χ2v) is 8.70. The average molecular weight is 492 g/mol. The van der Waals surface area contributed by atoms with E-state index in [-0.39, 0.29) is 5.57 Å². The molecule has 0 radical (unpaired) electrons. The maximum absolute atomic E-state index is 12.5. The summed E-state index contributed by atoms with van der Waals surface area (Å²) in [4.78, 5) is 25.0. The van der Waals surface area contributed by atoms with E-state index >= 15 is 0 Å². The first kappa shape index (κ1) is 20.9. The van der Waals surface area contributed by atoms with Crippen molar-refractivity contribution in [1.82, 2.24) is 0 Å². The molecule has 0 atom stereocenters. The molecule has 1 spiro atoms. The molecule has 1 aliphatic carbocycles. The van der Waals surface area contributed by atoms with Crippen LogP contribution in [0.3, 0.4) is 0 Å². The van der Waals surface area contributed by atoms with E-state index in [2.05, 4.69) is 15.9 Å². The summed E-state index contributed by atoms with van der Waals surface area (Å²) in [6.45, 7) is 0.386. The predicted molar refractivity (Wildman–Crippen MR) is 116 cm³/mol. The fourth-order valence-electron chi connectivity index (χ4n) is 3.60. The molecule has 30 heavy (non-hydrogen) atoms. The molecule has 0 N–H and O–H groups in total. The molecule has 0 amide bonds. The lowest BCUT2D eigenvalue weighted by Crippen LogP contribution is -2.47. The zero-order valence-electron chi connectivity index (χ0n) is 16.2. The van der Waals surface area contributed by atoms with Crippen molar-refractivity contribution < 1.29 is 23.8 Å². The Morgan fingerprint density at radius 3 is 2.30 bits per heavy atom. The summed E-state index contributed by atoms with van der Waals surface area (Å²) in [5.74, 6) is -1.70. The maximum Gasteiger partial charge on any atom is 0.348 e. The molecule has 4 rings (SSSR count). The lowest BCUT2D eigenvalue weighted by molar-refractivity contribution is -0.244. The number of rotatable bonds is 4. The molecule has 0 bridgehead atoms. The first-order valence-electron chi connectivity index (χ1n) is 9.79. The van der Waals surface area contributed by atoms with E-state index in [0.717, 1.165) is 24.8 Å². The molecule has 5 nitrogen and oxygen atoms in total. The van der Waals surface area contributed by atoms with Crippen LogP contribution in [0.2, 0.25) is 5.02 Å². The van der Waals surface area contributed by atoms with Gasteiger partial charge in [0.05, 0.1) is 4.47 Å². The van der Waals surface area contributed by atoms with Gasteiger partial charge in [-0.2, -0.15) is 0 Å². The van der Waals surface area contributed by atoms with Crippen molar-refractivity contribution >= 4 is 45.5 Å². The third-order valence-electron chi connectivity index (χ3n) is 5.19. The fourth-order valence-corrected chi connectivity index (χ4v) is 4.23. The van der Waals surface area contributed by atoms with Crippen LogP contribution in [0.1, 0.15) is 43.2 Å². The van der Waals surface area contributed by atoms with E-state index in [1.165, 1.54) is 6.08 Å². The SMILES string of the molecule is O=C1OC2(CCCCC2)OC(=O)C1=Cc1ccc(OCc2ccc(Cl)cc2)c(Br)c1. The van der Waals surface area contributed by atoms with E-state index in [1.54, 1.807) is 18.2 Å². The Morgan fingerprint density at radius 1 is 1.00 bits per heavy atom. The molecule has 2 aliphatic rings. The molecule has 2 aromatic rings.